The monoisotopic (exact) mass is 346 g/mol. The lowest BCUT2D eigenvalue weighted by Crippen LogP contribution is -2.17. The minimum Gasteiger partial charge on any atom is -0.316 e. The molecule has 0 bridgehead atoms. The van der Waals surface area contributed by atoms with Gasteiger partial charge in [-0.25, -0.2) is 8.42 Å². The molecule has 0 aliphatic carbocycles. The number of nitrogens with one attached hydrogen (secondary N) is 2. The van der Waals surface area contributed by atoms with Crippen LogP contribution in [0.5, 0.6) is 0 Å². The Morgan fingerprint density at radius 2 is 2.00 bits per heavy atom. The van der Waals surface area contributed by atoms with Gasteiger partial charge in [-0.15, -0.1) is 21.5 Å². The van der Waals surface area contributed by atoms with Crippen LogP contribution in [0.15, 0.2) is 16.3 Å². The Morgan fingerprint density at radius 3 is 2.67 bits per heavy atom. The van der Waals surface area contributed by atoms with Crippen molar-refractivity contribution in [2.75, 3.05) is 17.8 Å². The fourth-order valence-corrected chi connectivity index (χ4v) is 4.83. The summed E-state index contributed by atoms with van der Waals surface area (Å²) in [7, 11) is -3.56. The molecule has 0 aromatic carbocycles. The zero-order valence-electron chi connectivity index (χ0n) is 11.9. The second-order valence-electron chi connectivity index (χ2n) is 4.45. The number of anilines is 1. The van der Waals surface area contributed by atoms with Crippen LogP contribution in [0.3, 0.4) is 0 Å². The Kier molecular flexibility index (Phi) is 5.68. The van der Waals surface area contributed by atoms with Gasteiger partial charge in [-0.2, -0.15) is 0 Å². The van der Waals surface area contributed by atoms with E-state index in [-0.39, 0.29) is 0 Å². The van der Waals surface area contributed by atoms with Crippen LogP contribution >= 0.6 is 22.7 Å². The zero-order valence-corrected chi connectivity index (χ0v) is 14.4. The summed E-state index contributed by atoms with van der Waals surface area (Å²) in [6.07, 6.45) is 1.92. The second-order valence-corrected chi connectivity index (χ2v) is 8.71. The molecule has 0 unspecified atom stereocenters. The summed E-state index contributed by atoms with van der Waals surface area (Å²) < 4.78 is 27.2. The minimum atomic E-state index is -3.56. The van der Waals surface area contributed by atoms with Crippen LogP contribution in [0.4, 0.5) is 5.13 Å². The molecule has 0 radical (unpaired) electrons. The summed E-state index contributed by atoms with van der Waals surface area (Å²) in [5.74, 6) is 0. The van der Waals surface area contributed by atoms with Crippen LogP contribution in [0.25, 0.3) is 0 Å². The van der Waals surface area contributed by atoms with E-state index in [0.717, 1.165) is 35.8 Å². The molecule has 0 amide bonds. The molecule has 2 N–H and O–H groups in total. The number of sulfonamides is 1. The highest BCUT2D eigenvalue weighted by Crippen LogP contribution is 2.25. The van der Waals surface area contributed by atoms with Crippen molar-refractivity contribution in [1.82, 2.24) is 15.5 Å². The Bertz CT molecular complexity index is 678. The van der Waals surface area contributed by atoms with E-state index < -0.39 is 10.0 Å². The predicted octanol–water partition coefficient (Wildman–Crippen LogP) is 2.25. The van der Waals surface area contributed by atoms with E-state index in [2.05, 4.69) is 27.2 Å². The van der Waals surface area contributed by atoms with Crippen molar-refractivity contribution in [1.29, 1.82) is 0 Å². The average Bonchev–Trinajstić information content (AvgIpc) is 3.04. The van der Waals surface area contributed by atoms with Crippen LogP contribution in [0.1, 0.15) is 23.2 Å². The van der Waals surface area contributed by atoms with E-state index >= 15 is 0 Å². The summed E-state index contributed by atoms with van der Waals surface area (Å²) in [5.41, 5.74) is 0. The summed E-state index contributed by atoms with van der Waals surface area (Å²) >= 11 is 2.51. The van der Waals surface area contributed by atoms with E-state index in [1.165, 1.54) is 22.7 Å². The first-order valence-electron chi connectivity index (χ1n) is 6.63. The van der Waals surface area contributed by atoms with E-state index in [1.807, 2.05) is 6.07 Å². The van der Waals surface area contributed by atoms with E-state index in [0.29, 0.717) is 9.34 Å². The molecule has 2 aromatic rings. The van der Waals surface area contributed by atoms with Crippen LogP contribution in [0, 0.1) is 6.92 Å². The number of aryl methyl sites for hydroxylation is 1. The zero-order chi connectivity index (χ0) is 15.3. The lowest BCUT2D eigenvalue weighted by molar-refractivity contribution is 0.603. The molecular formula is C12H18N4O2S3. The molecular weight excluding hydrogens is 328 g/mol. The first-order chi connectivity index (χ1) is 10.0. The molecule has 0 aliphatic heterocycles. The maximum absolute atomic E-state index is 12.2. The molecule has 9 heteroatoms. The fourth-order valence-electron chi connectivity index (χ4n) is 1.65. The summed E-state index contributed by atoms with van der Waals surface area (Å²) in [4.78, 5) is 1.05. The molecule has 2 rings (SSSR count). The minimum absolute atomic E-state index is 0.298. The fraction of sp³-hybridized carbons (Fsp3) is 0.500. The molecule has 0 aliphatic rings. The van der Waals surface area contributed by atoms with Crippen LogP contribution in [-0.2, 0) is 16.4 Å². The molecule has 2 heterocycles. The Balaban J connectivity index is 1.98. The number of aromatic nitrogens is 2. The molecule has 0 atom stereocenters. The van der Waals surface area contributed by atoms with Gasteiger partial charge in [-0.3, -0.25) is 4.72 Å². The first-order valence-corrected chi connectivity index (χ1v) is 9.75. The van der Waals surface area contributed by atoms with Crippen LogP contribution in [0.2, 0.25) is 0 Å². The molecule has 21 heavy (non-hydrogen) atoms. The van der Waals surface area contributed by atoms with Crippen molar-refractivity contribution in [3.8, 4) is 0 Å². The number of rotatable bonds is 8. The van der Waals surface area contributed by atoms with Gasteiger partial charge < -0.3 is 5.32 Å². The van der Waals surface area contributed by atoms with Gasteiger partial charge in [0.2, 0.25) is 5.13 Å². The number of hydrogen-bond donors (Lipinski definition) is 2. The summed E-state index contributed by atoms with van der Waals surface area (Å²) in [6.45, 7) is 5.73. The standard InChI is InChI=1S/C12H18N4O2S3/c1-3-7-13-8-6-10-4-5-11(20-10)21(17,18)16-12-15-14-9(2)19-12/h4-5,13H,3,6-8H2,1-2H3,(H,15,16). The Labute approximate surface area is 132 Å². The van der Waals surface area contributed by atoms with Crippen LogP contribution < -0.4 is 10.0 Å². The molecule has 6 nitrogen and oxygen atoms in total. The highest BCUT2D eigenvalue weighted by atomic mass is 32.2. The third-order valence-electron chi connectivity index (χ3n) is 2.62. The highest BCUT2D eigenvalue weighted by molar-refractivity contribution is 7.94. The maximum atomic E-state index is 12.2. The van der Waals surface area contributed by atoms with E-state index in [9.17, 15) is 8.42 Å². The van der Waals surface area contributed by atoms with Gasteiger partial charge in [0.05, 0.1) is 0 Å². The smallest absolute Gasteiger partial charge is 0.273 e. The lowest BCUT2D eigenvalue weighted by atomic mass is 10.3. The van der Waals surface area contributed by atoms with E-state index in [4.69, 9.17) is 0 Å². The van der Waals surface area contributed by atoms with Crippen molar-refractivity contribution >= 4 is 37.8 Å². The quantitative estimate of drug-likeness (QED) is 0.716. The molecule has 0 saturated heterocycles. The molecule has 2 aromatic heterocycles. The third kappa shape index (κ3) is 4.73. The SMILES string of the molecule is CCCNCCc1ccc(S(=O)(=O)Nc2nnc(C)s2)s1. The van der Waals surface area contributed by atoms with Gasteiger partial charge in [0.1, 0.15) is 9.22 Å². The van der Waals surface area contributed by atoms with Crippen LogP contribution in [-0.4, -0.2) is 31.7 Å². The first kappa shape index (κ1) is 16.3. The van der Waals surface area contributed by atoms with Crippen molar-refractivity contribution in [3.05, 3.63) is 22.0 Å². The average molecular weight is 347 g/mol. The largest absolute Gasteiger partial charge is 0.316 e. The number of nitrogens with zero attached hydrogens (tertiary/aromatic N) is 2. The second kappa shape index (κ2) is 7.30. The van der Waals surface area contributed by atoms with E-state index in [1.54, 1.807) is 13.0 Å². The van der Waals surface area contributed by atoms with Gasteiger partial charge in [0, 0.05) is 4.88 Å². The normalized spacial score (nSPS) is 11.7. The molecule has 0 saturated carbocycles. The van der Waals surface area contributed by atoms with Gasteiger partial charge in [0.15, 0.2) is 0 Å². The topological polar surface area (TPSA) is 84.0 Å². The van der Waals surface area contributed by atoms with Crippen molar-refractivity contribution in [2.45, 2.75) is 30.9 Å². The number of thiophene rings is 1. The van der Waals surface area contributed by atoms with Gasteiger partial charge >= 0.3 is 0 Å². The third-order valence-corrected chi connectivity index (χ3v) is 6.48. The highest BCUT2D eigenvalue weighted by Gasteiger charge is 2.18. The molecule has 0 fully saturated rings. The Morgan fingerprint density at radius 1 is 1.19 bits per heavy atom. The van der Waals surface area contributed by atoms with Gasteiger partial charge in [-0.1, -0.05) is 18.3 Å². The predicted molar refractivity (Wildman–Crippen MR) is 86.6 cm³/mol. The van der Waals surface area contributed by atoms with Crippen molar-refractivity contribution < 1.29 is 8.42 Å². The Hall–Kier alpha value is -1.03. The number of hydrogen-bond acceptors (Lipinski definition) is 7. The van der Waals surface area contributed by atoms with Gasteiger partial charge in [-0.05, 0) is 45.0 Å². The molecule has 116 valence electrons. The van der Waals surface area contributed by atoms with Crippen molar-refractivity contribution in [3.63, 3.8) is 0 Å². The summed E-state index contributed by atoms with van der Waals surface area (Å²) in [5, 5.41) is 11.9. The maximum Gasteiger partial charge on any atom is 0.273 e. The van der Waals surface area contributed by atoms with Crippen molar-refractivity contribution in [2.24, 2.45) is 0 Å². The van der Waals surface area contributed by atoms with Gasteiger partial charge in [0.25, 0.3) is 10.0 Å². The summed E-state index contributed by atoms with van der Waals surface area (Å²) in [6, 6.07) is 3.49. The lowest BCUT2D eigenvalue weighted by Gasteiger charge is -2.02. The molecule has 0 spiro atoms.